The van der Waals surface area contributed by atoms with Crippen LogP contribution in [0.25, 0.3) is 33.6 Å². The van der Waals surface area contributed by atoms with E-state index in [1.165, 1.54) is 29.4 Å². The van der Waals surface area contributed by atoms with Gasteiger partial charge in [0, 0.05) is 34.8 Å². The molecule has 2 heterocycles. The molecule has 5 rings (SSSR count). The number of carbonyl (C=O) groups excluding carboxylic acids is 2. The van der Waals surface area contributed by atoms with Crippen LogP contribution in [-0.4, -0.2) is 44.9 Å². The van der Waals surface area contributed by atoms with E-state index in [0.717, 1.165) is 32.7 Å². The van der Waals surface area contributed by atoms with Crippen molar-refractivity contribution in [3.05, 3.63) is 118 Å². The molecule has 0 saturated heterocycles. The fourth-order valence-corrected chi connectivity index (χ4v) is 6.04. The van der Waals surface area contributed by atoms with Gasteiger partial charge in [0.2, 0.25) is 5.91 Å². The van der Waals surface area contributed by atoms with E-state index in [1.54, 1.807) is 18.5 Å². The average Bonchev–Trinajstić information content (AvgIpc) is 3.57. The molecule has 0 aliphatic heterocycles. The Morgan fingerprint density at radius 3 is 2.00 bits per heavy atom. The van der Waals surface area contributed by atoms with E-state index < -0.39 is 24.0 Å². The van der Waals surface area contributed by atoms with Gasteiger partial charge in [0.15, 0.2) is 5.82 Å². The van der Waals surface area contributed by atoms with Crippen LogP contribution < -0.4 is 10.6 Å². The summed E-state index contributed by atoms with van der Waals surface area (Å²) in [6, 6.07) is 25.7. The van der Waals surface area contributed by atoms with Gasteiger partial charge in [-0.1, -0.05) is 93.6 Å². The molecule has 0 aliphatic carbocycles. The predicted octanol–water partition coefficient (Wildman–Crippen LogP) is 7.08. The van der Waals surface area contributed by atoms with Crippen LogP contribution in [0.15, 0.2) is 97.3 Å². The number of carboxylic acids is 1. The Hall–Kier alpha value is -5.15. The van der Waals surface area contributed by atoms with Crippen molar-refractivity contribution in [2.45, 2.75) is 58.5 Å². The second kappa shape index (κ2) is 14.1. The molecule has 5 aromatic rings. The Kier molecular flexibility index (Phi) is 9.96. The van der Waals surface area contributed by atoms with Crippen LogP contribution in [0.4, 0.5) is 0 Å². The van der Waals surface area contributed by atoms with Gasteiger partial charge in [-0.25, -0.2) is 9.97 Å². The van der Waals surface area contributed by atoms with Crippen LogP contribution in [0.1, 0.15) is 53.4 Å². The molecular weight excluding hydrogens is 609 g/mol. The van der Waals surface area contributed by atoms with Gasteiger partial charge < -0.3 is 15.7 Å². The number of hydrogen-bond acceptors (Lipinski definition) is 6. The maximum atomic E-state index is 13.2. The van der Waals surface area contributed by atoms with Crippen molar-refractivity contribution in [1.29, 1.82) is 0 Å². The minimum Gasteiger partial charge on any atom is -0.480 e. The second-order valence-corrected chi connectivity index (χ2v) is 13.7. The Labute approximate surface area is 278 Å². The molecule has 0 fully saturated rings. The van der Waals surface area contributed by atoms with Gasteiger partial charge >= 0.3 is 5.97 Å². The highest BCUT2D eigenvalue weighted by atomic mass is 32.1. The number of amides is 2. The third-order valence-corrected chi connectivity index (χ3v) is 9.41. The first kappa shape index (κ1) is 33.2. The fraction of sp³-hybridized carbons (Fsp3) is 0.237. The van der Waals surface area contributed by atoms with Crippen molar-refractivity contribution in [2.75, 3.05) is 0 Å². The van der Waals surface area contributed by atoms with Crippen molar-refractivity contribution in [3.63, 3.8) is 0 Å². The van der Waals surface area contributed by atoms with Crippen molar-refractivity contribution in [1.82, 2.24) is 20.6 Å². The smallest absolute Gasteiger partial charge is 0.325 e. The van der Waals surface area contributed by atoms with Gasteiger partial charge in [-0.3, -0.25) is 14.4 Å². The zero-order chi connectivity index (χ0) is 33.7. The largest absolute Gasteiger partial charge is 0.480 e. The molecule has 3 N–H and O–H groups in total. The fourth-order valence-electron chi connectivity index (χ4n) is 5.07. The Morgan fingerprint density at radius 2 is 1.40 bits per heavy atom. The highest BCUT2D eigenvalue weighted by Crippen LogP contribution is 2.30. The molecule has 2 aromatic heterocycles. The number of hydrogen-bond donors (Lipinski definition) is 3. The normalized spacial score (nSPS) is 12.6. The van der Waals surface area contributed by atoms with Crippen LogP contribution in [0.5, 0.6) is 0 Å². The molecular formula is C38H38N4O4S. The molecule has 240 valence electrons. The van der Waals surface area contributed by atoms with E-state index in [-0.39, 0.29) is 17.7 Å². The quantitative estimate of drug-likeness (QED) is 0.149. The Balaban J connectivity index is 1.29. The number of aryl methyl sites for hydroxylation is 1. The van der Waals surface area contributed by atoms with Crippen LogP contribution >= 0.6 is 11.3 Å². The topological polar surface area (TPSA) is 121 Å². The van der Waals surface area contributed by atoms with Crippen molar-refractivity contribution in [3.8, 4) is 33.6 Å². The monoisotopic (exact) mass is 646 g/mol. The molecule has 3 aromatic carbocycles. The first-order valence-corrected chi connectivity index (χ1v) is 16.2. The average molecular weight is 647 g/mol. The van der Waals surface area contributed by atoms with Crippen molar-refractivity contribution in [2.24, 2.45) is 0 Å². The summed E-state index contributed by atoms with van der Waals surface area (Å²) in [5.74, 6) is -1.56. The van der Waals surface area contributed by atoms with Gasteiger partial charge in [-0.05, 0) is 59.2 Å². The molecule has 0 radical (unpaired) electrons. The van der Waals surface area contributed by atoms with E-state index >= 15 is 0 Å². The number of nitrogens with zero attached hydrogens (tertiary/aromatic N) is 2. The van der Waals surface area contributed by atoms with Crippen LogP contribution in [-0.2, 0) is 21.4 Å². The first-order valence-electron chi connectivity index (χ1n) is 15.4. The van der Waals surface area contributed by atoms with Crippen molar-refractivity contribution >= 4 is 29.1 Å². The van der Waals surface area contributed by atoms with E-state index in [0.29, 0.717) is 10.7 Å². The molecule has 0 unspecified atom stereocenters. The lowest BCUT2D eigenvalue weighted by Gasteiger charge is -2.20. The lowest BCUT2D eigenvalue weighted by molar-refractivity contribution is -0.141. The third kappa shape index (κ3) is 8.17. The van der Waals surface area contributed by atoms with Crippen molar-refractivity contribution < 1.29 is 19.5 Å². The van der Waals surface area contributed by atoms with Gasteiger partial charge in [-0.15, -0.1) is 11.3 Å². The van der Waals surface area contributed by atoms with Crippen LogP contribution in [0.3, 0.4) is 0 Å². The highest BCUT2D eigenvalue weighted by molar-refractivity contribution is 7.14. The SMILES string of the molecule is Cc1ccccc1-c1ccc(-c2cnc(-c3ccc(C[C@H](NC(=O)c4ccc(C(C)(C)C)s4)C(=O)N[C@H](C)C(=O)O)cc3)nc2)cc1. The summed E-state index contributed by atoms with van der Waals surface area (Å²) in [4.78, 5) is 48.4. The van der Waals surface area contributed by atoms with Gasteiger partial charge in [0.25, 0.3) is 5.91 Å². The predicted molar refractivity (Wildman–Crippen MR) is 186 cm³/mol. The summed E-state index contributed by atoms with van der Waals surface area (Å²) in [6.07, 6.45) is 3.77. The molecule has 0 bridgehead atoms. The second-order valence-electron chi connectivity index (χ2n) is 12.6. The minimum absolute atomic E-state index is 0.115. The number of thiophene rings is 1. The summed E-state index contributed by atoms with van der Waals surface area (Å²) < 4.78 is 0. The zero-order valence-electron chi connectivity index (χ0n) is 27.1. The number of rotatable bonds is 10. The Bertz CT molecular complexity index is 1880. The number of aliphatic carboxylic acids is 1. The molecule has 0 aliphatic rings. The summed E-state index contributed by atoms with van der Waals surface area (Å²) in [5.41, 5.74) is 6.97. The number of aromatic nitrogens is 2. The van der Waals surface area contributed by atoms with E-state index in [4.69, 9.17) is 0 Å². The van der Waals surface area contributed by atoms with Gasteiger partial charge in [-0.2, -0.15) is 0 Å². The summed E-state index contributed by atoms with van der Waals surface area (Å²) in [5, 5.41) is 14.6. The van der Waals surface area contributed by atoms with E-state index in [1.807, 2.05) is 42.5 Å². The molecule has 8 nitrogen and oxygen atoms in total. The van der Waals surface area contributed by atoms with Crippen LogP contribution in [0.2, 0.25) is 0 Å². The Morgan fingerprint density at radius 1 is 0.787 bits per heavy atom. The van der Waals surface area contributed by atoms with Gasteiger partial charge in [0.05, 0.1) is 4.88 Å². The van der Waals surface area contributed by atoms with Gasteiger partial charge in [0.1, 0.15) is 12.1 Å². The summed E-state index contributed by atoms with van der Waals surface area (Å²) >= 11 is 1.37. The molecule has 0 saturated carbocycles. The first-order chi connectivity index (χ1) is 22.4. The van der Waals surface area contributed by atoms with Crippen LogP contribution in [0, 0.1) is 6.92 Å². The maximum absolute atomic E-state index is 13.2. The van der Waals surface area contributed by atoms with E-state index in [9.17, 15) is 19.5 Å². The highest BCUT2D eigenvalue weighted by Gasteiger charge is 2.26. The lowest BCUT2D eigenvalue weighted by Crippen LogP contribution is -2.51. The number of nitrogens with one attached hydrogen (secondary N) is 2. The summed E-state index contributed by atoms with van der Waals surface area (Å²) in [7, 11) is 0. The maximum Gasteiger partial charge on any atom is 0.325 e. The van der Waals surface area contributed by atoms with E-state index in [2.05, 4.69) is 84.7 Å². The number of carbonyl (C=O) groups is 3. The molecule has 9 heteroatoms. The molecule has 2 atom stereocenters. The number of carboxylic acid groups (broad SMARTS) is 1. The molecule has 47 heavy (non-hydrogen) atoms. The molecule has 0 spiro atoms. The zero-order valence-corrected chi connectivity index (χ0v) is 27.9. The third-order valence-electron chi connectivity index (χ3n) is 7.90. The minimum atomic E-state index is -1.16. The number of benzene rings is 3. The standard InChI is InChI=1S/C38H38N4O4S/c1-23-8-6-7-9-30(23)27-16-14-26(15-17-27)29-21-39-34(40-22-29)28-12-10-25(11-13-28)20-31(35(43)41-24(2)37(45)46)42-36(44)32-18-19-33(47-32)38(3,4)5/h6-19,21-22,24,31H,20H2,1-5H3,(H,41,43)(H,42,44)(H,45,46)/t24-,31+/m1/s1. The molecule has 2 amide bonds. The lowest BCUT2D eigenvalue weighted by atomic mass is 9.95. The summed E-state index contributed by atoms with van der Waals surface area (Å²) in [6.45, 7) is 9.69.